The summed E-state index contributed by atoms with van der Waals surface area (Å²) >= 11 is 0. The second-order valence-corrected chi connectivity index (χ2v) is 17.3. The van der Waals surface area contributed by atoms with E-state index in [1.165, 1.54) is 96.8 Å². The third kappa shape index (κ3) is 17.5. The maximum Gasteiger partial charge on any atom is 0.217 e. The lowest BCUT2D eigenvalue weighted by Gasteiger charge is -2.48. The summed E-state index contributed by atoms with van der Waals surface area (Å²) in [4.78, 5) is 12.0. The van der Waals surface area contributed by atoms with E-state index in [-0.39, 0.29) is 6.61 Å². The van der Waals surface area contributed by atoms with Crippen molar-refractivity contribution in [1.82, 2.24) is 5.32 Å². The van der Waals surface area contributed by atoms with Crippen LogP contribution in [0.1, 0.15) is 136 Å². The fraction of sp³-hybridized carbons (Fsp3) is 0.977. The molecule has 1 amide bonds. The second kappa shape index (κ2) is 30.1. The van der Waals surface area contributed by atoms with E-state index >= 15 is 0 Å². The van der Waals surface area contributed by atoms with E-state index in [1.807, 2.05) is 0 Å². The minimum absolute atomic E-state index is 0.317. The van der Waals surface area contributed by atoms with Crippen LogP contribution in [0.5, 0.6) is 0 Å². The third-order valence-corrected chi connectivity index (χ3v) is 12.2. The van der Waals surface area contributed by atoms with Gasteiger partial charge in [-0.25, -0.2) is 0 Å². The lowest BCUT2D eigenvalue weighted by molar-refractivity contribution is -0.379. The van der Waals surface area contributed by atoms with Crippen molar-refractivity contribution < 1.29 is 89.4 Å². The number of aliphatic hydroxyl groups is 11. The molecule has 3 rings (SSSR count). The largest absolute Gasteiger partial charge is 0.394 e. The molecule has 3 aliphatic heterocycles. The van der Waals surface area contributed by atoms with E-state index in [9.17, 15) is 61.0 Å². The van der Waals surface area contributed by atoms with Crippen molar-refractivity contribution in [1.29, 1.82) is 0 Å². The molecule has 19 nitrogen and oxygen atoms in total. The summed E-state index contributed by atoms with van der Waals surface area (Å²) in [5, 5.41) is 118. The molecule has 12 N–H and O–H groups in total. The summed E-state index contributed by atoms with van der Waals surface area (Å²) in [6, 6.07) is -0.881. The molecule has 3 heterocycles. The molecule has 0 radical (unpaired) electrons. The van der Waals surface area contributed by atoms with E-state index in [1.54, 1.807) is 0 Å². The molecule has 0 aromatic rings. The van der Waals surface area contributed by atoms with Gasteiger partial charge in [0.15, 0.2) is 18.9 Å². The first-order valence-corrected chi connectivity index (χ1v) is 23.2. The molecule has 62 heavy (non-hydrogen) atoms. The van der Waals surface area contributed by atoms with Gasteiger partial charge >= 0.3 is 0 Å². The molecule has 0 bridgehead atoms. The molecule has 0 spiro atoms. The van der Waals surface area contributed by atoms with Gasteiger partial charge in [-0.05, 0) is 6.42 Å². The molecule has 366 valence electrons. The summed E-state index contributed by atoms with van der Waals surface area (Å²) in [5.41, 5.74) is 0. The van der Waals surface area contributed by atoms with E-state index in [4.69, 9.17) is 28.4 Å². The first-order chi connectivity index (χ1) is 29.8. The van der Waals surface area contributed by atoms with Crippen LogP contribution in [0.2, 0.25) is 0 Å². The molecule has 3 aliphatic rings. The fourth-order valence-electron chi connectivity index (χ4n) is 8.35. The summed E-state index contributed by atoms with van der Waals surface area (Å²) in [6.45, 7) is 0.826. The average molecular weight is 900 g/mol. The Balaban J connectivity index is 1.40. The highest BCUT2D eigenvalue weighted by molar-refractivity contribution is 5.73. The molecule has 0 aliphatic carbocycles. The van der Waals surface area contributed by atoms with Gasteiger partial charge in [0.2, 0.25) is 5.91 Å². The van der Waals surface area contributed by atoms with Crippen molar-refractivity contribution >= 4 is 5.91 Å². The van der Waals surface area contributed by atoms with E-state index in [0.29, 0.717) is 6.42 Å². The van der Waals surface area contributed by atoms with Crippen molar-refractivity contribution in [3.05, 3.63) is 0 Å². The number of aliphatic hydroxyl groups excluding tert-OH is 11. The monoisotopic (exact) mass is 900 g/mol. The molecular weight excluding hydrogens is 818 g/mol. The average Bonchev–Trinajstić information content (AvgIpc) is 3.26. The topological polar surface area (TPSA) is 307 Å². The van der Waals surface area contributed by atoms with Crippen LogP contribution in [0.3, 0.4) is 0 Å². The van der Waals surface area contributed by atoms with Gasteiger partial charge in [0.05, 0.1) is 38.6 Å². The molecular formula is C43H81NO18. The van der Waals surface area contributed by atoms with Gasteiger partial charge in [0.1, 0.15) is 73.2 Å². The normalized spacial score (nSPS) is 35.1. The molecule has 0 aromatic heterocycles. The quantitative estimate of drug-likeness (QED) is 0.0399. The zero-order chi connectivity index (χ0) is 45.6. The number of hydrogen-bond acceptors (Lipinski definition) is 18. The lowest BCUT2D eigenvalue weighted by Crippen LogP contribution is -2.66. The number of ether oxygens (including phenoxy) is 6. The maximum absolute atomic E-state index is 12.0. The van der Waals surface area contributed by atoms with Crippen LogP contribution in [0, 0.1) is 0 Å². The van der Waals surface area contributed by atoms with Crippen molar-refractivity contribution in [3.8, 4) is 0 Å². The van der Waals surface area contributed by atoms with E-state index < -0.39 is 130 Å². The standard InChI is InChI=1S/C43H81NO18/c1-3-4-5-6-7-8-9-10-11-12-13-14-15-16-17-18-19-20-21-28(49)27(44-26(2)48)25-57-41-37(55)34(52)39(30(23-46)59-41)62-43-38(56)35(53)40(31(24-47)60-43)61-42-36(54)33(51)32(50)29(22-45)58-42/h27-43,45-47,49-56H,3-25H2,1-2H3,(H,44,48). The summed E-state index contributed by atoms with van der Waals surface area (Å²) in [7, 11) is 0. The van der Waals surface area contributed by atoms with Gasteiger partial charge in [-0.2, -0.15) is 0 Å². The van der Waals surface area contributed by atoms with Gasteiger partial charge in [0, 0.05) is 6.92 Å². The van der Waals surface area contributed by atoms with Crippen molar-refractivity contribution in [3.63, 3.8) is 0 Å². The van der Waals surface area contributed by atoms with E-state index in [0.717, 1.165) is 25.7 Å². The zero-order valence-electron chi connectivity index (χ0n) is 36.9. The second-order valence-electron chi connectivity index (χ2n) is 17.3. The SMILES string of the molecule is CCCCCCCCCCCCCCCCCCCCC(O)C(COC1OC(CO)C(OC2OC(CO)C(OC3OC(CO)C(O)C(O)C3O)C(O)C2O)C(O)C1O)NC(C)=O. The third-order valence-electron chi connectivity index (χ3n) is 12.2. The molecule has 19 heteroatoms. The summed E-state index contributed by atoms with van der Waals surface area (Å²) in [6.07, 6.45) is -3.75. The smallest absolute Gasteiger partial charge is 0.217 e. The maximum atomic E-state index is 12.0. The van der Waals surface area contributed by atoms with Crippen molar-refractivity contribution in [2.75, 3.05) is 26.4 Å². The molecule has 3 fully saturated rings. The Labute approximate surface area is 366 Å². The molecule has 17 atom stereocenters. The Hall–Kier alpha value is -1.21. The zero-order valence-corrected chi connectivity index (χ0v) is 36.9. The molecule has 0 aromatic carbocycles. The number of nitrogens with one attached hydrogen (secondary N) is 1. The van der Waals surface area contributed by atoms with Gasteiger partial charge in [-0.1, -0.05) is 122 Å². The highest BCUT2D eigenvalue weighted by Gasteiger charge is 2.53. The predicted molar refractivity (Wildman–Crippen MR) is 222 cm³/mol. The number of carbonyl (C=O) groups excluding carboxylic acids is 1. The van der Waals surface area contributed by atoms with Crippen LogP contribution in [-0.4, -0.2) is 193 Å². The molecule has 3 saturated heterocycles. The number of rotatable bonds is 31. The minimum Gasteiger partial charge on any atom is -0.394 e. The highest BCUT2D eigenvalue weighted by Crippen LogP contribution is 2.33. The predicted octanol–water partition coefficient (Wildman–Crippen LogP) is -0.251. The Kier molecular flexibility index (Phi) is 26.8. The first-order valence-electron chi connectivity index (χ1n) is 23.2. The van der Waals surface area contributed by atoms with Crippen molar-refractivity contribution in [2.45, 2.75) is 240 Å². The number of hydrogen-bond donors (Lipinski definition) is 12. The Morgan fingerprint density at radius 3 is 1.31 bits per heavy atom. The van der Waals surface area contributed by atoms with E-state index in [2.05, 4.69) is 12.2 Å². The fourth-order valence-corrected chi connectivity index (χ4v) is 8.35. The summed E-state index contributed by atoms with van der Waals surface area (Å²) < 4.78 is 33.6. The van der Waals surface area contributed by atoms with Crippen LogP contribution >= 0.6 is 0 Å². The number of unbranched alkanes of at least 4 members (excludes halogenated alkanes) is 17. The van der Waals surface area contributed by atoms with Gasteiger partial charge in [-0.3, -0.25) is 4.79 Å². The van der Waals surface area contributed by atoms with Gasteiger partial charge in [-0.15, -0.1) is 0 Å². The van der Waals surface area contributed by atoms with Gasteiger partial charge < -0.3 is 89.9 Å². The number of carbonyl (C=O) groups is 1. The minimum atomic E-state index is -1.96. The Morgan fingerprint density at radius 2 is 0.887 bits per heavy atom. The van der Waals surface area contributed by atoms with Crippen LogP contribution < -0.4 is 5.32 Å². The van der Waals surface area contributed by atoms with Crippen LogP contribution in [-0.2, 0) is 33.2 Å². The van der Waals surface area contributed by atoms with Crippen LogP contribution in [0.25, 0.3) is 0 Å². The van der Waals surface area contributed by atoms with Crippen LogP contribution in [0.4, 0.5) is 0 Å². The lowest BCUT2D eigenvalue weighted by atomic mass is 9.96. The highest BCUT2D eigenvalue weighted by atomic mass is 16.8. The molecule has 0 saturated carbocycles. The number of amides is 1. The first kappa shape index (κ1) is 55.1. The van der Waals surface area contributed by atoms with Crippen molar-refractivity contribution in [2.24, 2.45) is 0 Å². The van der Waals surface area contributed by atoms with Gasteiger partial charge in [0.25, 0.3) is 0 Å². The Morgan fingerprint density at radius 1 is 0.516 bits per heavy atom. The Bertz CT molecular complexity index is 1170. The summed E-state index contributed by atoms with van der Waals surface area (Å²) in [5.74, 6) is -0.419. The van der Waals surface area contributed by atoms with Crippen LogP contribution in [0.15, 0.2) is 0 Å². The molecule has 17 unspecified atom stereocenters.